The first kappa shape index (κ1) is 22.8. The fourth-order valence-electron chi connectivity index (χ4n) is 3.80. The van der Waals surface area contributed by atoms with Crippen LogP contribution in [0.2, 0.25) is 0 Å². The standard InChI is InChI=1S/C26H27N3O3S/c1-18-9-13-20(14-10-18)25(27-33(31,32)22-15-11-19(2)12-16-22)24-17-21-7-5-6-8-23(21)29(24)26(30)28(3)4/h5-17,25,27H,1-4H3/t25-/m1/s1. The van der Waals surface area contributed by atoms with Gasteiger partial charge in [-0.2, -0.15) is 4.72 Å². The van der Waals surface area contributed by atoms with Crippen LogP contribution in [-0.4, -0.2) is 38.0 Å². The fourth-order valence-corrected chi connectivity index (χ4v) is 5.00. The maximum Gasteiger partial charge on any atom is 0.328 e. The van der Waals surface area contributed by atoms with Crippen LogP contribution in [0, 0.1) is 13.8 Å². The van der Waals surface area contributed by atoms with Gasteiger partial charge in [-0.3, -0.25) is 4.57 Å². The van der Waals surface area contributed by atoms with Crippen LogP contribution in [0.25, 0.3) is 10.9 Å². The van der Waals surface area contributed by atoms with Gasteiger partial charge in [-0.15, -0.1) is 0 Å². The number of carbonyl (C=O) groups excluding carboxylic acids is 1. The van der Waals surface area contributed by atoms with Crippen molar-refractivity contribution in [2.75, 3.05) is 14.1 Å². The monoisotopic (exact) mass is 461 g/mol. The van der Waals surface area contributed by atoms with Gasteiger partial charge in [0.2, 0.25) is 10.0 Å². The second-order valence-electron chi connectivity index (χ2n) is 8.42. The molecule has 4 aromatic rings. The van der Waals surface area contributed by atoms with E-state index in [4.69, 9.17) is 0 Å². The van der Waals surface area contributed by atoms with Crippen LogP contribution >= 0.6 is 0 Å². The number of amides is 1. The number of aryl methyl sites for hydroxylation is 2. The molecule has 6 nitrogen and oxygen atoms in total. The zero-order chi connectivity index (χ0) is 23.8. The Morgan fingerprint density at radius 1 is 0.879 bits per heavy atom. The molecule has 0 bridgehead atoms. The lowest BCUT2D eigenvalue weighted by Crippen LogP contribution is -2.34. The number of sulfonamides is 1. The summed E-state index contributed by atoms with van der Waals surface area (Å²) in [6.45, 7) is 3.88. The third-order valence-electron chi connectivity index (χ3n) is 5.62. The van der Waals surface area contributed by atoms with Crippen molar-refractivity contribution in [2.24, 2.45) is 0 Å². The Hall–Kier alpha value is -3.42. The quantitative estimate of drug-likeness (QED) is 0.462. The van der Waals surface area contributed by atoms with Crippen molar-refractivity contribution in [1.82, 2.24) is 14.2 Å². The number of para-hydroxylation sites is 1. The van der Waals surface area contributed by atoms with Crippen molar-refractivity contribution < 1.29 is 13.2 Å². The summed E-state index contributed by atoms with van der Waals surface area (Å²) in [7, 11) is -0.513. The van der Waals surface area contributed by atoms with Crippen LogP contribution in [0.15, 0.2) is 83.8 Å². The van der Waals surface area contributed by atoms with E-state index in [2.05, 4.69) is 4.72 Å². The molecule has 0 radical (unpaired) electrons. The summed E-state index contributed by atoms with van der Waals surface area (Å²) in [6, 6.07) is 22.7. The molecule has 0 fully saturated rings. The van der Waals surface area contributed by atoms with Crippen LogP contribution in [0.4, 0.5) is 4.79 Å². The van der Waals surface area contributed by atoms with Gasteiger partial charge in [0.05, 0.1) is 22.1 Å². The maximum atomic E-state index is 13.4. The molecule has 0 spiro atoms. The topological polar surface area (TPSA) is 71.4 Å². The summed E-state index contributed by atoms with van der Waals surface area (Å²) in [5.41, 5.74) is 4.05. The summed E-state index contributed by atoms with van der Waals surface area (Å²) in [4.78, 5) is 14.9. The zero-order valence-corrected chi connectivity index (χ0v) is 19.9. The Balaban J connectivity index is 1.92. The van der Waals surface area contributed by atoms with E-state index in [1.165, 1.54) is 4.90 Å². The van der Waals surface area contributed by atoms with Crippen LogP contribution < -0.4 is 4.72 Å². The summed E-state index contributed by atoms with van der Waals surface area (Å²) >= 11 is 0. The molecule has 170 valence electrons. The van der Waals surface area contributed by atoms with Crippen molar-refractivity contribution in [3.05, 3.63) is 101 Å². The molecule has 1 atom stereocenters. The van der Waals surface area contributed by atoms with Crippen LogP contribution in [0.5, 0.6) is 0 Å². The Morgan fingerprint density at radius 2 is 1.45 bits per heavy atom. The van der Waals surface area contributed by atoms with Gasteiger partial charge in [-0.05, 0) is 43.7 Å². The average Bonchev–Trinajstić information content (AvgIpc) is 3.17. The molecular formula is C26H27N3O3S. The molecule has 4 rings (SSSR count). The number of carbonyl (C=O) groups is 1. The molecule has 33 heavy (non-hydrogen) atoms. The number of hydrogen-bond donors (Lipinski definition) is 1. The van der Waals surface area contributed by atoms with E-state index in [-0.39, 0.29) is 10.9 Å². The van der Waals surface area contributed by atoms with Gasteiger partial charge in [0, 0.05) is 19.5 Å². The van der Waals surface area contributed by atoms with Gasteiger partial charge >= 0.3 is 6.03 Å². The predicted molar refractivity (Wildman–Crippen MR) is 131 cm³/mol. The lowest BCUT2D eigenvalue weighted by molar-refractivity contribution is 0.219. The lowest BCUT2D eigenvalue weighted by atomic mass is 10.0. The average molecular weight is 462 g/mol. The second kappa shape index (κ2) is 8.84. The van der Waals surface area contributed by atoms with E-state index < -0.39 is 16.1 Å². The highest BCUT2D eigenvalue weighted by Crippen LogP contribution is 2.31. The Morgan fingerprint density at radius 3 is 2.06 bits per heavy atom. The molecule has 0 aliphatic carbocycles. The predicted octanol–water partition coefficient (Wildman–Crippen LogP) is 4.86. The Labute approximate surface area is 194 Å². The minimum atomic E-state index is -3.87. The van der Waals surface area contributed by atoms with Crippen LogP contribution in [0.3, 0.4) is 0 Å². The molecule has 3 aromatic carbocycles. The number of rotatable bonds is 5. The molecule has 1 aromatic heterocycles. The number of nitrogens with zero attached hydrogens (tertiary/aromatic N) is 2. The molecular weight excluding hydrogens is 434 g/mol. The van der Waals surface area contributed by atoms with Gasteiger partial charge < -0.3 is 4.90 Å². The smallest absolute Gasteiger partial charge is 0.328 e. The molecule has 1 amide bonds. The van der Waals surface area contributed by atoms with Crippen LogP contribution in [-0.2, 0) is 10.0 Å². The van der Waals surface area contributed by atoms with Crippen LogP contribution in [0.1, 0.15) is 28.4 Å². The van der Waals surface area contributed by atoms with Crippen molar-refractivity contribution >= 4 is 27.0 Å². The first-order valence-electron chi connectivity index (χ1n) is 10.6. The number of benzene rings is 3. The minimum absolute atomic E-state index is 0.173. The van der Waals surface area contributed by atoms with Gasteiger partial charge in [-0.1, -0.05) is 65.7 Å². The van der Waals surface area contributed by atoms with Gasteiger partial charge in [0.25, 0.3) is 0 Å². The molecule has 1 N–H and O–H groups in total. The zero-order valence-electron chi connectivity index (χ0n) is 19.1. The van der Waals surface area contributed by atoms with Crippen molar-refractivity contribution in [2.45, 2.75) is 24.8 Å². The maximum absolute atomic E-state index is 13.4. The SMILES string of the molecule is Cc1ccc([C@@H](NS(=O)(=O)c2ccc(C)cc2)c2cc3ccccc3n2C(=O)N(C)C)cc1. The Kier molecular flexibility index (Phi) is 6.10. The highest BCUT2D eigenvalue weighted by atomic mass is 32.2. The Bertz CT molecular complexity index is 1400. The van der Waals surface area contributed by atoms with Gasteiger partial charge in [0.15, 0.2) is 0 Å². The third kappa shape index (κ3) is 4.55. The van der Waals surface area contributed by atoms with E-state index in [0.717, 1.165) is 27.6 Å². The summed E-state index contributed by atoms with van der Waals surface area (Å²) in [5, 5.41) is 0.856. The van der Waals surface area contributed by atoms with E-state index in [1.54, 1.807) is 42.9 Å². The first-order chi connectivity index (χ1) is 15.7. The van der Waals surface area contributed by atoms with E-state index in [0.29, 0.717) is 5.69 Å². The fraction of sp³-hybridized carbons (Fsp3) is 0.192. The van der Waals surface area contributed by atoms with E-state index in [1.807, 2.05) is 68.4 Å². The number of aromatic nitrogens is 1. The molecule has 0 saturated heterocycles. The molecule has 0 saturated carbocycles. The normalized spacial score (nSPS) is 12.6. The van der Waals surface area contributed by atoms with E-state index in [9.17, 15) is 13.2 Å². The highest BCUT2D eigenvalue weighted by molar-refractivity contribution is 7.89. The number of hydrogen-bond acceptors (Lipinski definition) is 3. The van der Waals surface area contributed by atoms with Crippen molar-refractivity contribution in [1.29, 1.82) is 0 Å². The van der Waals surface area contributed by atoms with Gasteiger partial charge in [-0.25, -0.2) is 13.2 Å². The summed E-state index contributed by atoms with van der Waals surface area (Å²) in [5.74, 6) is 0. The first-order valence-corrected chi connectivity index (χ1v) is 12.1. The molecule has 7 heteroatoms. The highest BCUT2D eigenvalue weighted by Gasteiger charge is 2.28. The van der Waals surface area contributed by atoms with Gasteiger partial charge in [0.1, 0.15) is 0 Å². The van der Waals surface area contributed by atoms with Crippen molar-refractivity contribution in [3.63, 3.8) is 0 Å². The summed E-state index contributed by atoms with van der Waals surface area (Å²) in [6.07, 6.45) is 0. The second-order valence-corrected chi connectivity index (χ2v) is 10.1. The minimum Gasteiger partial charge on any atom is -0.330 e. The molecule has 0 aliphatic rings. The largest absolute Gasteiger partial charge is 0.330 e. The third-order valence-corrected chi connectivity index (χ3v) is 7.06. The van der Waals surface area contributed by atoms with Crippen molar-refractivity contribution in [3.8, 4) is 0 Å². The van der Waals surface area contributed by atoms with E-state index >= 15 is 0 Å². The molecule has 0 aliphatic heterocycles. The molecule has 1 heterocycles. The lowest BCUT2D eigenvalue weighted by Gasteiger charge is -2.23. The molecule has 0 unspecified atom stereocenters. The number of fused-ring (bicyclic) bond motifs is 1. The summed E-state index contributed by atoms with van der Waals surface area (Å²) < 4.78 is 31.2. The number of nitrogens with one attached hydrogen (secondary N) is 1.